The van der Waals surface area contributed by atoms with Crippen LogP contribution in [0, 0.1) is 12.8 Å². The Morgan fingerprint density at radius 1 is 1.21 bits per heavy atom. The summed E-state index contributed by atoms with van der Waals surface area (Å²) in [6, 6.07) is 7.64. The van der Waals surface area contributed by atoms with Crippen molar-refractivity contribution in [1.82, 2.24) is 5.32 Å². The SMILES string of the molecule is Cc1cccc2c1OCCCC2NC(C)C1CCC1. The summed E-state index contributed by atoms with van der Waals surface area (Å²) in [7, 11) is 0. The van der Waals surface area contributed by atoms with E-state index in [-0.39, 0.29) is 0 Å². The van der Waals surface area contributed by atoms with Crippen molar-refractivity contribution in [3.63, 3.8) is 0 Å². The second-order valence-corrected chi connectivity index (χ2v) is 6.18. The average molecular weight is 259 g/mol. The van der Waals surface area contributed by atoms with Crippen LogP contribution < -0.4 is 10.1 Å². The third kappa shape index (κ3) is 2.64. The smallest absolute Gasteiger partial charge is 0.126 e. The molecule has 0 aromatic heterocycles. The molecule has 1 aliphatic carbocycles. The molecular formula is C17H25NO. The molecule has 2 heteroatoms. The van der Waals surface area contributed by atoms with Crippen molar-refractivity contribution in [2.24, 2.45) is 5.92 Å². The Morgan fingerprint density at radius 3 is 2.79 bits per heavy atom. The first-order chi connectivity index (χ1) is 9.25. The van der Waals surface area contributed by atoms with Crippen molar-refractivity contribution in [3.05, 3.63) is 29.3 Å². The first kappa shape index (κ1) is 13.0. The lowest BCUT2D eigenvalue weighted by molar-refractivity contribution is 0.223. The van der Waals surface area contributed by atoms with E-state index in [1.54, 1.807) is 0 Å². The van der Waals surface area contributed by atoms with Crippen molar-refractivity contribution in [3.8, 4) is 5.75 Å². The van der Waals surface area contributed by atoms with Crippen molar-refractivity contribution in [2.75, 3.05) is 6.61 Å². The lowest BCUT2D eigenvalue weighted by Crippen LogP contribution is -2.39. The summed E-state index contributed by atoms with van der Waals surface area (Å²) in [6.07, 6.45) is 6.55. The molecule has 0 bridgehead atoms. The number of benzene rings is 1. The van der Waals surface area contributed by atoms with Gasteiger partial charge in [0.25, 0.3) is 0 Å². The maximum absolute atomic E-state index is 5.95. The number of aryl methyl sites for hydroxylation is 1. The van der Waals surface area contributed by atoms with Crippen LogP contribution in [0.1, 0.15) is 56.2 Å². The summed E-state index contributed by atoms with van der Waals surface area (Å²) >= 11 is 0. The molecule has 0 radical (unpaired) electrons. The van der Waals surface area contributed by atoms with E-state index in [0.717, 1.165) is 24.7 Å². The van der Waals surface area contributed by atoms with E-state index in [4.69, 9.17) is 4.74 Å². The molecule has 1 saturated carbocycles. The summed E-state index contributed by atoms with van der Waals surface area (Å²) in [5.74, 6) is 2.01. The molecule has 1 fully saturated rings. The van der Waals surface area contributed by atoms with Crippen molar-refractivity contribution < 1.29 is 4.74 Å². The normalized spacial score (nSPS) is 24.8. The predicted octanol–water partition coefficient (Wildman–Crippen LogP) is 3.99. The Kier molecular flexibility index (Phi) is 3.79. The zero-order valence-electron chi connectivity index (χ0n) is 12.1. The molecule has 2 atom stereocenters. The molecule has 1 heterocycles. The summed E-state index contributed by atoms with van der Waals surface area (Å²) < 4.78 is 5.95. The van der Waals surface area contributed by atoms with E-state index < -0.39 is 0 Å². The highest BCUT2D eigenvalue weighted by Crippen LogP contribution is 2.36. The molecule has 2 aliphatic rings. The molecular weight excluding hydrogens is 234 g/mol. The summed E-state index contributed by atoms with van der Waals surface area (Å²) in [4.78, 5) is 0. The first-order valence-electron chi connectivity index (χ1n) is 7.74. The molecule has 1 aromatic rings. The van der Waals surface area contributed by atoms with Crippen LogP contribution >= 0.6 is 0 Å². The standard InChI is InChI=1S/C17H25NO/c1-12-6-3-9-15-16(10-5-11-19-17(12)15)18-13(2)14-7-4-8-14/h3,6,9,13-14,16,18H,4-5,7-8,10-11H2,1-2H3. The van der Waals surface area contributed by atoms with E-state index in [2.05, 4.69) is 37.4 Å². The van der Waals surface area contributed by atoms with Gasteiger partial charge < -0.3 is 10.1 Å². The van der Waals surface area contributed by atoms with Crippen LogP contribution in [0.2, 0.25) is 0 Å². The van der Waals surface area contributed by atoms with Crippen LogP contribution in [-0.4, -0.2) is 12.6 Å². The Labute approximate surface area is 116 Å². The maximum atomic E-state index is 5.95. The molecule has 1 N–H and O–H groups in total. The minimum absolute atomic E-state index is 0.466. The molecule has 104 valence electrons. The van der Waals surface area contributed by atoms with Crippen molar-refractivity contribution >= 4 is 0 Å². The van der Waals surface area contributed by atoms with Crippen LogP contribution in [0.3, 0.4) is 0 Å². The van der Waals surface area contributed by atoms with Gasteiger partial charge in [-0.2, -0.15) is 0 Å². The lowest BCUT2D eigenvalue weighted by atomic mass is 9.80. The highest BCUT2D eigenvalue weighted by Gasteiger charge is 2.28. The van der Waals surface area contributed by atoms with Crippen LogP contribution in [0.4, 0.5) is 0 Å². The molecule has 1 aliphatic heterocycles. The fourth-order valence-electron chi connectivity index (χ4n) is 3.33. The highest BCUT2D eigenvalue weighted by molar-refractivity contribution is 5.43. The van der Waals surface area contributed by atoms with Gasteiger partial charge in [-0.25, -0.2) is 0 Å². The molecule has 2 unspecified atom stereocenters. The van der Waals surface area contributed by atoms with Crippen LogP contribution in [0.15, 0.2) is 18.2 Å². The van der Waals surface area contributed by atoms with E-state index >= 15 is 0 Å². The Bertz CT molecular complexity index is 439. The van der Waals surface area contributed by atoms with Gasteiger partial charge in [0, 0.05) is 17.6 Å². The molecule has 0 amide bonds. The molecule has 1 aromatic carbocycles. The zero-order valence-corrected chi connectivity index (χ0v) is 12.1. The molecule has 3 rings (SSSR count). The predicted molar refractivity (Wildman–Crippen MR) is 78.6 cm³/mol. The largest absolute Gasteiger partial charge is 0.493 e. The second kappa shape index (κ2) is 5.54. The topological polar surface area (TPSA) is 21.3 Å². The van der Waals surface area contributed by atoms with E-state index in [0.29, 0.717) is 12.1 Å². The Hall–Kier alpha value is -1.02. The van der Waals surface area contributed by atoms with Crippen molar-refractivity contribution in [2.45, 2.75) is 58.0 Å². The maximum Gasteiger partial charge on any atom is 0.126 e. The van der Waals surface area contributed by atoms with Crippen LogP contribution in [0.25, 0.3) is 0 Å². The number of ether oxygens (including phenoxy) is 1. The first-order valence-corrected chi connectivity index (χ1v) is 7.74. The van der Waals surface area contributed by atoms with Gasteiger partial charge in [0.2, 0.25) is 0 Å². The van der Waals surface area contributed by atoms with E-state index in [1.165, 1.54) is 36.8 Å². The van der Waals surface area contributed by atoms with E-state index in [1.807, 2.05) is 0 Å². The summed E-state index contributed by atoms with van der Waals surface area (Å²) in [5, 5.41) is 3.86. The van der Waals surface area contributed by atoms with Gasteiger partial charge in [-0.05, 0) is 51.0 Å². The van der Waals surface area contributed by atoms with Gasteiger partial charge >= 0.3 is 0 Å². The van der Waals surface area contributed by atoms with E-state index in [9.17, 15) is 0 Å². The highest BCUT2D eigenvalue weighted by atomic mass is 16.5. The fraction of sp³-hybridized carbons (Fsp3) is 0.647. The summed E-state index contributed by atoms with van der Waals surface area (Å²) in [5.41, 5.74) is 2.63. The molecule has 2 nitrogen and oxygen atoms in total. The zero-order chi connectivity index (χ0) is 13.2. The number of hydrogen-bond acceptors (Lipinski definition) is 2. The average Bonchev–Trinajstić information content (AvgIpc) is 2.51. The Balaban J connectivity index is 1.79. The molecule has 0 spiro atoms. The van der Waals surface area contributed by atoms with Gasteiger partial charge in [-0.15, -0.1) is 0 Å². The van der Waals surface area contributed by atoms with Crippen LogP contribution in [-0.2, 0) is 0 Å². The number of para-hydroxylation sites is 1. The monoisotopic (exact) mass is 259 g/mol. The third-order valence-corrected chi connectivity index (χ3v) is 4.82. The summed E-state index contributed by atoms with van der Waals surface area (Å²) in [6.45, 7) is 5.36. The van der Waals surface area contributed by atoms with Crippen LogP contribution in [0.5, 0.6) is 5.75 Å². The quantitative estimate of drug-likeness (QED) is 0.886. The minimum Gasteiger partial charge on any atom is -0.493 e. The molecule has 0 saturated heterocycles. The van der Waals surface area contributed by atoms with Gasteiger partial charge in [-0.1, -0.05) is 24.6 Å². The van der Waals surface area contributed by atoms with Gasteiger partial charge in [0.1, 0.15) is 5.75 Å². The lowest BCUT2D eigenvalue weighted by Gasteiger charge is -2.34. The molecule has 19 heavy (non-hydrogen) atoms. The second-order valence-electron chi connectivity index (χ2n) is 6.18. The number of fused-ring (bicyclic) bond motifs is 1. The minimum atomic E-state index is 0.466. The Morgan fingerprint density at radius 2 is 2.05 bits per heavy atom. The number of rotatable bonds is 3. The van der Waals surface area contributed by atoms with Gasteiger partial charge in [0.15, 0.2) is 0 Å². The number of nitrogens with one attached hydrogen (secondary N) is 1. The van der Waals surface area contributed by atoms with Crippen molar-refractivity contribution in [1.29, 1.82) is 0 Å². The number of hydrogen-bond donors (Lipinski definition) is 1. The fourth-order valence-corrected chi connectivity index (χ4v) is 3.33. The van der Waals surface area contributed by atoms with Gasteiger partial charge in [-0.3, -0.25) is 0 Å². The third-order valence-electron chi connectivity index (χ3n) is 4.82. The van der Waals surface area contributed by atoms with Gasteiger partial charge in [0.05, 0.1) is 6.61 Å².